The van der Waals surface area contributed by atoms with Gasteiger partial charge in [-0.2, -0.15) is 15.0 Å². The van der Waals surface area contributed by atoms with E-state index in [2.05, 4.69) is 25.7 Å². The van der Waals surface area contributed by atoms with Crippen LogP contribution in [-0.4, -0.2) is 41.3 Å². The van der Waals surface area contributed by atoms with E-state index < -0.39 is 0 Å². The van der Waals surface area contributed by atoms with Crippen LogP contribution in [0.4, 0.5) is 11.9 Å². The Hall–Kier alpha value is -1.67. The molecule has 0 unspecified atom stereocenters. The first-order valence-electron chi connectivity index (χ1n) is 5.43. The predicted molar refractivity (Wildman–Crippen MR) is 61.7 cm³/mol. The number of methoxy groups -OCH3 is 1. The largest absolute Gasteiger partial charge is 0.467 e. The molecule has 17 heavy (non-hydrogen) atoms. The second-order valence-electron chi connectivity index (χ2n) is 3.64. The topological polar surface area (TPSA) is 107 Å². The zero-order valence-corrected chi connectivity index (χ0v) is 9.64. The van der Waals surface area contributed by atoms with E-state index in [1.54, 1.807) is 0 Å². The van der Waals surface area contributed by atoms with Gasteiger partial charge in [0.1, 0.15) is 0 Å². The average molecular weight is 240 g/mol. The molecule has 0 atom stereocenters. The Labute approximate surface area is 98.9 Å². The maximum Gasteiger partial charge on any atom is 0.322 e. The predicted octanol–water partition coefficient (Wildman–Crippen LogP) is -0.243. The highest BCUT2D eigenvalue weighted by molar-refractivity contribution is 5.35. The Balaban J connectivity index is 2.07. The molecule has 1 saturated heterocycles. The lowest BCUT2D eigenvalue weighted by molar-refractivity contribution is 0.0903. The van der Waals surface area contributed by atoms with E-state index in [1.807, 2.05) is 0 Å². The molecule has 1 aliphatic rings. The first-order chi connectivity index (χ1) is 8.31. The number of nitrogens with one attached hydrogen (secondary N) is 2. The second kappa shape index (κ2) is 5.60. The van der Waals surface area contributed by atoms with Gasteiger partial charge in [-0.05, 0) is 12.8 Å². The van der Waals surface area contributed by atoms with Crippen molar-refractivity contribution in [3.05, 3.63) is 0 Å². The smallest absolute Gasteiger partial charge is 0.322 e. The first-order valence-corrected chi connectivity index (χ1v) is 5.43. The third-order valence-electron chi connectivity index (χ3n) is 2.48. The van der Waals surface area contributed by atoms with E-state index in [1.165, 1.54) is 7.11 Å². The minimum absolute atomic E-state index is 0.225. The molecule has 4 N–H and O–H groups in total. The quantitative estimate of drug-likeness (QED) is 0.489. The Kier molecular flexibility index (Phi) is 3.89. The lowest BCUT2D eigenvalue weighted by Gasteiger charge is -2.23. The van der Waals surface area contributed by atoms with E-state index in [9.17, 15) is 0 Å². The first kappa shape index (κ1) is 11.8. The average Bonchev–Trinajstić information content (AvgIpc) is 2.39. The molecule has 1 fully saturated rings. The van der Waals surface area contributed by atoms with Gasteiger partial charge in [0.25, 0.3) is 0 Å². The molecule has 0 saturated carbocycles. The molecule has 1 aromatic heterocycles. The van der Waals surface area contributed by atoms with Crippen molar-refractivity contribution in [2.75, 3.05) is 31.1 Å². The van der Waals surface area contributed by atoms with E-state index in [0.717, 1.165) is 26.1 Å². The molecule has 0 aromatic carbocycles. The van der Waals surface area contributed by atoms with Gasteiger partial charge in [-0.1, -0.05) is 0 Å². The lowest BCUT2D eigenvalue weighted by atomic mass is 10.1. The summed E-state index contributed by atoms with van der Waals surface area (Å²) in [6, 6.07) is 0.531. The van der Waals surface area contributed by atoms with Crippen molar-refractivity contribution in [3.8, 4) is 6.01 Å². The highest BCUT2D eigenvalue weighted by Crippen LogP contribution is 2.14. The van der Waals surface area contributed by atoms with Crippen LogP contribution in [0.3, 0.4) is 0 Å². The number of anilines is 2. The fraction of sp³-hybridized carbons (Fsp3) is 0.667. The minimum atomic E-state index is 0.225. The molecule has 0 aliphatic carbocycles. The second-order valence-corrected chi connectivity index (χ2v) is 3.64. The van der Waals surface area contributed by atoms with Crippen molar-refractivity contribution in [1.29, 1.82) is 0 Å². The van der Waals surface area contributed by atoms with Crippen LogP contribution in [0.2, 0.25) is 0 Å². The van der Waals surface area contributed by atoms with E-state index in [4.69, 9.17) is 15.3 Å². The van der Waals surface area contributed by atoms with E-state index in [0.29, 0.717) is 12.0 Å². The van der Waals surface area contributed by atoms with Crippen LogP contribution < -0.4 is 21.3 Å². The minimum Gasteiger partial charge on any atom is -0.467 e. The van der Waals surface area contributed by atoms with Gasteiger partial charge in [-0.25, -0.2) is 5.84 Å². The number of aromatic nitrogens is 3. The van der Waals surface area contributed by atoms with Gasteiger partial charge in [0, 0.05) is 19.3 Å². The van der Waals surface area contributed by atoms with Gasteiger partial charge < -0.3 is 14.8 Å². The molecule has 0 spiro atoms. The number of nitrogens with zero attached hydrogens (tertiary/aromatic N) is 3. The van der Waals surface area contributed by atoms with E-state index in [-0.39, 0.29) is 12.0 Å². The van der Waals surface area contributed by atoms with Gasteiger partial charge in [0.15, 0.2) is 0 Å². The van der Waals surface area contributed by atoms with Crippen molar-refractivity contribution >= 4 is 11.9 Å². The molecule has 2 heterocycles. The maximum absolute atomic E-state index is 5.28. The Bertz CT molecular complexity index is 346. The maximum atomic E-state index is 5.28. The highest BCUT2D eigenvalue weighted by Gasteiger charge is 2.15. The number of rotatable bonds is 4. The molecule has 0 radical (unpaired) electrons. The summed E-state index contributed by atoms with van der Waals surface area (Å²) >= 11 is 0. The summed E-state index contributed by atoms with van der Waals surface area (Å²) in [6.45, 7) is 1.50. The van der Waals surface area contributed by atoms with Crippen molar-refractivity contribution in [2.45, 2.75) is 18.9 Å². The summed E-state index contributed by atoms with van der Waals surface area (Å²) in [4.78, 5) is 12.1. The summed E-state index contributed by atoms with van der Waals surface area (Å²) in [5.74, 6) is 5.99. The molecule has 8 heteroatoms. The molecule has 94 valence electrons. The third-order valence-corrected chi connectivity index (χ3v) is 2.48. The number of nitrogens with two attached hydrogens (primary N) is 1. The molecule has 2 rings (SSSR count). The summed E-state index contributed by atoms with van der Waals surface area (Å²) in [6.07, 6.45) is 1.86. The van der Waals surface area contributed by atoms with Gasteiger partial charge in [0.2, 0.25) is 11.9 Å². The number of hydrogen-bond donors (Lipinski definition) is 3. The van der Waals surface area contributed by atoms with Gasteiger partial charge >= 0.3 is 6.01 Å². The van der Waals surface area contributed by atoms with Crippen LogP contribution >= 0.6 is 0 Å². The Morgan fingerprint density at radius 2 is 1.94 bits per heavy atom. The molecule has 0 amide bonds. The molecule has 1 aromatic rings. The Morgan fingerprint density at radius 3 is 2.59 bits per heavy atom. The molecular weight excluding hydrogens is 224 g/mol. The number of ether oxygens (including phenoxy) is 2. The standard InChI is InChI=1S/C9H16N6O2/c1-16-9-13-7(12-8(14-9)15-10)11-6-2-4-17-5-3-6/h6H,2-5,10H2,1H3,(H2,11,12,13,14,15). The number of hydrazine groups is 1. The van der Waals surface area contributed by atoms with Crippen molar-refractivity contribution in [1.82, 2.24) is 15.0 Å². The normalized spacial score (nSPS) is 16.6. The van der Waals surface area contributed by atoms with Crippen LogP contribution in [0.1, 0.15) is 12.8 Å². The van der Waals surface area contributed by atoms with Gasteiger partial charge in [0.05, 0.1) is 7.11 Å². The molecule has 0 bridgehead atoms. The van der Waals surface area contributed by atoms with Crippen molar-refractivity contribution in [2.24, 2.45) is 5.84 Å². The van der Waals surface area contributed by atoms with E-state index >= 15 is 0 Å². The molecule has 1 aliphatic heterocycles. The lowest BCUT2D eigenvalue weighted by Crippen LogP contribution is -2.29. The SMILES string of the molecule is COc1nc(NN)nc(NC2CCOCC2)n1. The number of nitrogen functional groups attached to an aromatic ring is 1. The van der Waals surface area contributed by atoms with Gasteiger partial charge in [-0.3, -0.25) is 5.43 Å². The fourth-order valence-electron chi connectivity index (χ4n) is 1.60. The zero-order chi connectivity index (χ0) is 12.1. The van der Waals surface area contributed by atoms with Crippen LogP contribution in [-0.2, 0) is 4.74 Å². The summed E-state index contributed by atoms with van der Waals surface area (Å²) in [7, 11) is 1.49. The van der Waals surface area contributed by atoms with Crippen LogP contribution in [0.5, 0.6) is 6.01 Å². The van der Waals surface area contributed by atoms with Gasteiger partial charge in [-0.15, -0.1) is 0 Å². The molecule has 8 nitrogen and oxygen atoms in total. The molecular formula is C9H16N6O2. The monoisotopic (exact) mass is 240 g/mol. The van der Waals surface area contributed by atoms with Crippen LogP contribution in [0.25, 0.3) is 0 Å². The van der Waals surface area contributed by atoms with Crippen molar-refractivity contribution < 1.29 is 9.47 Å². The highest BCUT2D eigenvalue weighted by atomic mass is 16.5. The fourth-order valence-corrected chi connectivity index (χ4v) is 1.60. The van der Waals surface area contributed by atoms with Crippen molar-refractivity contribution in [3.63, 3.8) is 0 Å². The third kappa shape index (κ3) is 3.14. The summed E-state index contributed by atoms with van der Waals surface area (Å²) < 4.78 is 10.2. The summed E-state index contributed by atoms with van der Waals surface area (Å²) in [5, 5.41) is 3.21. The summed E-state index contributed by atoms with van der Waals surface area (Å²) in [5.41, 5.74) is 2.37. The van der Waals surface area contributed by atoms with Crippen LogP contribution in [0.15, 0.2) is 0 Å². The Morgan fingerprint density at radius 1 is 1.24 bits per heavy atom. The number of hydrogen-bond acceptors (Lipinski definition) is 8. The van der Waals surface area contributed by atoms with Crippen LogP contribution in [0, 0.1) is 0 Å². The zero-order valence-electron chi connectivity index (χ0n) is 9.64.